The first kappa shape index (κ1) is 13.1. The number of rotatable bonds is 6. The highest BCUT2D eigenvalue weighted by Gasteiger charge is 2.05. The fourth-order valence-electron chi connectivity index (χ4n) is 1.71. The van der Waals surface area contributed by atoms with Crippen LogP contribution in [-0.4, -0.2) is 27.4 Å². The molecule has 0 aliphatic heterocycles. The van der Waals surface area contributed by atoms with E-state index in [4.69, 9.17) is 0 Å². The largest absolute Gasteiger partial charge is 0.351 e. The fourth-order valence-corrected chi connectivity index (χ4v) is 1.71. The van der Waals surface area contributed by atoms with Gasteiger partial charge < -0.3 is 5.32 Å². The van der Waals surface area contributed by atoms with Gasteiger partial charge in [0.2, 0.25) is 0 Å². The minimum atomic E-state index is -0.172. The lowest BCUT2D eigenvalue weighted by Gasteiger charge is -2.04. The zero-order valence-electron chi connectivity index (χ0n) is 10.6. The molecule has 0 atom stereocenters. The third kappa shape index (κ3) is 4.46. The van der Waals surface area contributed by atoms with Crippen LogP contribution in [0, 0.1) is 0 Å². The van der Waals surface area contributed by atoms with Crippen molar-refractivity contribution >= 4 is 5.91 Å². The maximum atomic E-state index is 11.7. The van der Waals surface area contributed by atoms with Crippen LogP contribution in [0.5, 0.6) is 0 Å². The van der Waals surface area contributed by atoms with Crippen LogP contribution in [0.2, 0.25) is 0 Å². The van der Waals surface area contributed by atoms with Gasteiger partial charge in [-0.15, -0.1) is 0 Å². The van der Waals surface area contributed by atoms with Gasteiger partial charge in [0.1, 0.15) is 5.69 Å². The summed E-state index contributed by atoms with van der Waals surface area (Å²) in [6, 6.07) is 4.00. The Labute approximate surface area is 112 Å². The summed E-state index contributed by atoms with van der Waals surface area (Å²) in [7, 11) is 0. The summed E-state index contributed by atoms with van der Waals surface area (Å²) in [6.45, 7) is 0.648. The lowest BCUT2D eigenvalue weighted by Crippen LogP contribution is -2.25. The topological polar surface area (TPSA) is 67.8 Å². The molecule has 0 saturated carbocycles. The van der Waals surface area contributed by atoms with Crippen molar-refractivity contribution in [2.45, 2.75) is 19.3 Å². The van der Waals surface area contributed by atoms with Gasteiger partial charge >= 0.3 is 0 Å². The molecule has 0 bridgehead atoms. The smallest absolute Gasteiger partial charge is 0.271 e. The van der Waals surface area contributed by atoms with E-state index in [1.54, 1.807) is 12.4 Å². The number of nitrogens with one attached hydrogen (secondary N) is 1. The van der Waals surface area contributed by atoms with Gasteiger partial charge in [-0.1, -0.05) is 6.07 Å². The first-order valence-corrected chi connectivity index (χ1v) is 6.29. The number of pyridine rings is 1. The van der Waals surface area contributed by atoms with E-state index in [-0.39, 0.29) is 5.91 Å². The second-order valence-electron chi connectivity index (χ2n) is 4.16. The average Bonchev–Trinajstić information content (AvgIpc) is 2.49. The molecule has 0 saturated heterocycles. The zero-order valence-corrected chi connectivity index (χ0v) is 10.6. The van der Waals surface area contributed by atoms with Crippen LogP contribution in [0.3, 0.4) is 0 Å². The van der Waals surface area contributed by atoms with Gasteiger partial charge in [-0.3, -0.25) is 14.8 Å². The van der Waals surface area contributed by atoms with Crippen LogP contribution in [0.1, 0.15) is 28.9 Å². The van der Waals surface area contributed by atoms with E-state index in [2.05, 4.69) is 26.3 Å². The van der Waals surface area contributed by atoms with Gasteiger partial charge in [0, 0.05) is 31.3 Å². The van der Waals surface area contributed by atoms with E-state index in [1.165, 1.54) is 18.0 Å². The Morgan fingerprint density at radius 1 is 1.11 bits per heavy atom. The monoisotopic (exact) mass is 256 g/mol. The number of hydrogen-bond acceptors (Lipinski definition) is 4. The summed E-state index contributed by atoms with van der Waals surface area (Å²) in [6.07, 6.45) is 11.1. The molecule has 0 aliphatic carbocycles. The van der Waals surface area contributed by atoms with Crippen molar-refractivity contribution in [1.82, 2.24) is 20.3 Å². The molecular weight excluding hydrogens is 240 g/mol. The highest BCUT2D eigenvalue weighted by molar-refractivity contribution is 5.91. The molecule has 0 radical (unpaired) electrons. The van der Waals surface area contributed by atoms with E-state index >= 15 is 0 Å². The summed E-state index contributed by atoms with van der Waals surface area (Å²) >= 11 is 0. The average molecular weight is 256 g/mol. The molecule has 2 aromatic rings. The first-order valence-electron chi connectivity index (χ1n) is 6.29. The second kappa shape index (κ2) is 7.20. The standard InChI is InChI=1S/C14H16N4O/c19-14(13-11-16-8-9-17-13)18-7-2-1-4-12-5-3-6-15-10-12/h3,5-6,8-11H,1-2,4,7H2,(H,18,19). The molecule has 0 aromatic carbocycles. The summed E-state index contributed by atoms with van der Waals surface area (Å²) in [4.78, 5) is 23.5. The summed E-state index contributed by atoms with van der Waals surface area (Å²) < 4.78 is 0. The quantitative estimate of drug-likeness (QED) is 0.797. The number of hydrogen-bond donors (Lipinski definition) is 1. The molecule has 2 rings (SSSR count). The van der Waals surface area contributed by atoms with Crippen LogP contribution in [0.25, 0.3) is 0 Å². The van der Waals surface area contributed by atoms with E-state index in [1.807, 2.05) is 12.3 Å². The second-order valence-corrected chi connectivity index (χ2v) is 4.16. The third-order valence-electron chi connectivity index (χ3n) is 2.70. The SMILES string of the molecule is O=C(NCCCCc1cccnc1)c1cnccn1. The van der Waals surface area contributed by atoms with Crippen molar-refractivity contribution in [3.8, 4) is 0 Å². The lowest BCUT2D eigenvalue weighted by atomic mass is 10.1. The number of carbonyl (C=O) groups is 1. The fraction of sp³-hybridized carbons (Fsp3) is 0.286. The number of aryl methyl sites for hydroxylation is 1. The highest BCUT2D eigenvalue weighted by Crippen LogP contribution is 2.02. The summed E-state index contributed by atoms with van der Waals surface area (Å²) in [5.41, 5.74) is 1.58. The van der Waals surface area contributed by atoms with Crippen molar-refractivity contribution in [3.63, 3.8) is 0 Å². The van der Waals surface area contributed by atoms with Crippen molar-refractivity contribution in [3.05, 3.63) is 54.4 Å². The van der Waals surface area contributed by atoms with E-state index in [0.29, 0.717) is 12.2 Å². The molecule has 98 valence electrons. The number of nitrogens with zero attached hydrogens (tertiary/aromatic N) is 3. The third-order valence-corrected chi connectivity index (χ3v) is 2.70. The van der Waals surface area contributed by atoms with Gasteiger partial charge in [0.15, 0.2) is 0 Å². The summed E-state index contributed by atoms with van der Waals surface area (Å²) in [5.74, 6) is -0.172. The molecular formula is C14H16N4O. The Balaban J connectivity index is 1.63. The Kier molecular flexibility index (Phi) is 4.98. The van der Waals surface area contributed by atoms with Gasteiger partial charge in [0.25, 0.3) is 5.91 Å². The van der Waals surface area contributed by atoms with Crippen molar-refractivity contribution in [1.29, 1.82) is 0 Å². The molecule has 0 unspecified atom stereocenters. The Morgan fingerprint density at radius 2 is 2.00 bits per heavy atom. The molecule has 0 spiro atoms. The molecule has 5 nitrogen and oxygen atoms in total. The Hall–Kier alpha value is -2.30. The summed E-state index contributed by atoms with van der Waals surface area (Å²) in [5, 5.41) is 2.83. The number of unbranched alkanes of at least 4 members (excludes halogenated alkanes) is 1. The van der Waals surface area contributed by atoms with Crippen LogP contribution in [0.15, 0.2) is 43.1 Å². The van der Waals surface area contributed by atoms with Crippen LogP contribution in [-0.2, 0) is 6.42 Å². The van der Waals surface area contributed by atoms with Gasteiger partial charge in [-0.05, 0) is 30.9 Å². The molecule has 19 heavy (non-hydrogen) atoms. The Morgan fingerprint density at radius 3 is 2.74 bits per heavy atom. The molecule has 1 amide bonds. The van der Waals surface area contributed by atoms with Crippen molar-refractivity contribution in [2.24, 2.45) is 0 Å². The van der Waals surface area contributed by atoms with E-state index in [9.17, 15) is 4.79 Å². The predicted molar refractivity (Wildman–Crippen MR) is 71.5 cm³/mol. The Bertz CT molecular complexity index is 501. The van der Waals surface area contributed by atoms with E-state index < -0.39 is 0 Å². The predicted octanol–water partition coefficient (Wildman–Crippen LogP) is 1.62. The molecule has 0 aliphatic rings. The molecule has 1 N–H and O–H groups in total. The zero-order chi connectivity index (χ0) is 13.3. The number of carbonyl (C=O) groups excluding carboxylic acids is 1. The number of aromatic nitrogens is 3. The van der Waals surface area contributed by atoms with Gasteiger partial charge in [-0.25, -0.2) is 4.98 Å². The van der Waals surface area contributed by atoms with Crippen LogP contribution in [0.4, 0.5) is 0 Å². The molecule has 2 heterocycles. The maximum Gasteiger partial charge on any atom is 0.271 e. The van der Waals surface area contributed by atoms with Crippen molar-refractivity contribution < 1.29 is 4.79 Å². The van der Waals surface area contributed by atoms with Gasteiger partial charge in [0.05, 0.1) is 6.20 Å². The van der Waals surface area contributed by atoms with Crippen molar-refractivity contribution in [2.75, 3.05) is 6.54 Å². The molecule has 0 fully saturated rings. The number of amides is 1. The highest BCUT2D eigenvalue weighted by atomic mass is 16.1. The first-order chi connectivity index (χ1) is 9.36. The van der Waals surface area contributed by atoms with Gasteiger partial charge in [-0.2, -0.15) is 0 Å². The van der Waals surface area contributed by atoms with Crippen LogP contribution >= 0.6 is 0 Å². The molecule has 2 aromatic heterocycles. The van der Waals surface area contributed by atoms with E-state index in [0.717, 1.165) is 19.3 Å². The van der Waals surface area contributed by atoms with Crippen LogP contribution < -0.4 is 5.32 Å². The lowest BCUT2D eigenvalue weighted by molar-refractivity contribution is 0.0947. The molecule has 5 heteroatoms. The maximum absolute atomic E-state index is 11.7. The normalized spacial score (nSPS) is 10.1. The minimum Gasteiger partial charge on any atom is -0.351 e. The minimum absolute atomic E-state index is 0.172.